The van der Waals surface area contributed by atoms with Crippen molar-refractivity contribution in [3.63, 3.8) is 0 Å². The summed E-state index contributed by atoms with van der Waals surface area (Å²) in [5.41, 5.74) is 1.50. The van der Waals surface area contributed by atoms with Crippen LogP contribution < -0.4 is 10.2 Å². The molecule has 0 aromatic carbocycles. The first kappa shape index (κ1) is 24.8. The third kappa shape index (κ3) is 7.07. The first-order valence-electron chi connectivity index (χ1n) is 12.0. The van der Waals surface area contributed by atoms with Gasteiger partial charge in [0, 0.05) is 50.7 Å². The van der Waals surface area contributed by atoms with E-state index in [0.29, 0.717) is 13.1 Å². The number of ether oxygens (including phenoxy) is 1. The van der Waals surface area contributed by atoms with Crippen molar-refractivity contribution in [3.05, 3.63) is 24.5 Å². The molecule has 182 valence electrons. The zero-order chi connectivity index (χ0) is 23.7. The lowest BCUT2D eigenvalue weighted by atomic mass is 9.71. The molecule has 2 aliphatic heterocycles. The number of anilines is 1. The molecule has 1 atom stereocenters. The molecule has 0 unspecified atom stereocenters. The second-order valence-corrected chi connectivity index (χ2v) is 9.14. The maximum atomic E-state index is 12.7. The van der Waals surface area contributed by atoms with Crippen LogP contribution >= 0.6 is 0 Å². The summed E-state index contributed by atoms with van der Waals surface area (Å²) in [6.45, 7) is 5.66. The Bertz CT molecular complexity index is 785. The number of aliphatic carboxylic acids is 1. The molecule has 1 aromatic heterocycles. The first-order valence-corrected chi connectivity index (χ1v) is 12.0. The van der Waals surface area contributed by atoms with Crippen molar-refractivity contribution in [2.24, 2.45) is 5.41 Å². The van der Waals surface area contributed by atoms with Crippen molar-refractivity contribution in [2.75, 3.05) is 37.7 Å². The minimum atomic E-state index is -1.16. The first-order chi connectivity index (χ1) is 15.9. The average Bonchev–Trinajstić information content (AvgIpc) is 2.83. The van der Waals surface area contributed by atoms with Crippen molar-refractivity contribution in [1.29, 1.82) is 0 Å². The Morgan fingerprint density at radius 2 is 1.76 bits per heavy atom. The van der Waals surface area contributed by atoms with E-state index >= 15 is 0 Å². The molecule has 0 aliphatic carbocycles. The molecule has 2 fully saturated rings. The number of nitrogens with zero attached hydrogens (tertiary/aromatic N) is 3. The van der Waals surface area contributed by atoms with Crippen LogP contribution in [0.4, 0.5) is 10.5 Å². The Kier molecular flexibility index (Phi) is 8.91. The second kappa shape index (κ2) is 11.9. The van der Waals surface area contributed by atoms with Gasteiger partial charge in [-0.3, -0.25) is 9.78 Å². The van der Waals surface area contributed by atoms with Crippen molar-refractivity contribution < 1.29 is 24.2 Å². The fourth-order valence-corrected chi connectivity index (χ4v) is 4.70. The van der Waals surface area contributed by atoms with E-state index in [-0.39, 0.29) is 30.8 Å². The number of unbranched alkanes of at least 4 members (excludes halogenated alkanes) is 1. The third-order valence-electron chi connectivity index (χ3n) is 7.00. The van der Waals surface area contributed by atoms with Gasteiger partial charge < -0.3 is 25.0 Å². The Morgan fingerprint density at radius 1 is 1.12 bits per heavy atom. The fraction of sp³-hybridized carbons (Fsp3) is 0.667. The molecule has 1 spiro atoms. The van der Waals surface area contributed by atoms with Crippen LogP contribution in [0, 0.1) is 5.41 Å². The van der Waals surface area contributed by atoms with Crippen LogP contribution in [0.5, 0.6) is 0 Å². The number of piperidine rings is 2. The summed E-state index contributed by atoms with van der Waals surface area (Å²) in [5.74, 6) is -1.21. The van der Waals surface area contributed by atoms with E-state index in [1.54, 1.807) is 0 Å². The summed E-state index contributed by atoms with van der Waals surface area (Å²) in [6, 6.07) is 2.96. The summed E-state index contributed by atoms with van der Waals surface area (Å²) in [7, 11) is 0. The normalized spacial score (nSPS) is 18.6. The SMILES string of the molecule is CCCCOC(=O)N[C@@H](CCC(=O)N1CCC2(CC1)CCN(c1ccncc1)CC2)C(=O)O. The highest BCUT2D eigenvalue weighted by atomic mass is 16.5. The summed E-state index contributed by atoms with van der Waals surface area (Å²) < 4.78 is 4.97. The molecule has 1 aromatic rings. The van der Waals surface area contributed by atoms with E-state index in [4.69, 9.17) is 4.74 Å². The number of amides is 2. The number of hydrogen-bond donors (Lipinski definition) is 2. The summed E-state index contributed by atoms with van der Waals surface area (Å²) in [6.07, 6.45) is 8.83. The van der Waals surface area contributed by atoms with Crippen LogP contribution in [0.15, 0.2) is 24.5 Å². The minimum absolute atomic E-state index is 0.0496. The van der Waals surface area contributed by atoms with E-state index in [1.165, 1.54) is 5.69 Å². The van der Waals surface area contributed by atoms with Crippen LogP contribution in [0.2, 0.25) is 0 Å². The zero-order valence-electron chi connectivity index (χ0n) is 19.5. The molecule has 9 nitrogen and oxygen atoms in total. The lowest BCUT2D eigenvalue weighted by Crippen LogP contribution is -2.48. The van der Waals surface area contributed by atoms with E-state index < -0.39 is 18.1 Å². The fourth-order valence-electron chi connectivity index (χ4n) is 4.70. The van der Waals surface area contributed by atoms with E-state index in [1.807, 2.05) is 36.4 Å². The van der Waals surface area contributed by atoms with Crippen molar-refractivity contribution >= 4 is 23.7 Å². The molecule has 2 N–H and O–H groups in total. The van der Waals surface area contributed by atoms with E-state index in [0.717, 1.165) is 51.6 Å². The summed E-state index contributed by atoms with van der Waals surface area (Å²) in [4.78, 5) is 44.3. The number of carbonyl (C=O) groups excluding carboxylic acids is 2. The Balaban J connectivity index is 1.40. The highest BCUT2D eigenvalue weighted by molar-refractivity contribution is 5.81. The molecule has 3 heterocycles. The molecule has 33 heavy (non-hydrogen) atoms. The molecule has 0 bridgehead atoms. The number of likely N-dealkylation sites (tertiary alicyclic amines) is 1. The minimum Gasteiger partial charge on any atom is -0.480 e. The molecular formula is C24H36N4O5. The van der Waals surface area contributed by atoms with Gasteiger partial charge in [0.2, 0.25) is 5.91 Å². The van der Waals surface area contributed by atoms with Gasteiger partial charge in [0.1, 0.15) is 6.04 Å². The monoisotopic (exact) mass is 460 g/mol. The predicted molar refractivity (Wildman–Crippen MR) is 124 cm³/mol. The molecule has 0 saturated carbocycles. The number of pyridine rings is 1. The second-order valence-electron chi connectivity index (χ2n) is 9.14. The van der Waals surface area contributed by atoms with Gasteiger partial charge in [0.05, 0.1) is 6.61 Å². The Labute approximate surface area is 195 Å². The standard InChI is InChI=1S/C24H36N4O5/c1-2-3-18-33-23(32)26-20(22(30)31)4-5-21(29)28-16-10-24(11-17-28)8-14-27(15-9-24)19-6-12-25-13-7-19/h6-7,12-13,20H,2-5,8-11,14-18H2,1H3,(H,26,32)(H,30,31)/t20-/m0/s1. The molecule has 0 radical (unpaired) electrons. The molecule has 2 saturated heterocycles. The van der Waals surface area contributed by atoms with E-state index in [2.05, 4.69) is 15.2 Å². The molecular weight excluding hydrogens is 424 g/mol. The third-order valence-corrected chi connectivity index (χ3v) is 7.00. The number of rotatable bonds is 9. The molecule has 3 rings (SSSR count). The summed E-state index contributed by atoms with van der Waals surface area (Å²) in [5, 5.41) is 11.7. The van der Waals surface area contributed by atoms with Gasteiger partial charge in [-0.15, -0.1) is 0 Å². The summed E-state index contributed by atoms with van der Waals surface area (Å²) >= 11 is 0. The van der Waals surface area contributed by atoms with Crippen LogP contribution in [-0.4, -0.2) is 71.8 Å². The maximum Gasteiger partial charge on any atom is 0.407 e. The number of carbonyl (C=O) groups is 3. The lowest BCUT2D eigenvalue weighted by Gasteiger charge is -2.47. The zero-order valence-corrected chi connectivity index (χ0v) is 19.5. The van der Waals surface area contributed by atoms with Gasteiger partial charge in [-0.1, -0.05) is 13.3 Å². The Hall–Kier alpha value is -2.84. The number of hydrogen-bond acceptors (Lipinski definition) is 6. The predicted octanol–water partition coefficient (Wildman–Crippen LogP) is 3.05. The number of carboxylic acid groups (broad SMARTS) is 1. The van der Waals surface area contributed by atoms with Gasteiger partial charge in [0.25, 0.3) is 0 Å². The maximum absolute atomic E-state index is 12.7. The number of nitrogens with one attached hydrogen (secondary N) is 1. The van der Waals surface area contributed by atoms with Crippen molar-refractivity contribution in [3.8, 4) is 0 Å². The van der Waals surface area contributed by atoms with Crippen molar-refractivity contribution in [2.45, 2.75) is 64.3 Å². The van der Waals surface area contributed by atoms with E-state index in [9.17, 15) is 19.5 Å². The van der Waals surface area contributed by atoms with Crippen LogP contribution in [0.3, 0.4) is 0 Å². The Morgan fingerprint density at radius 3 is 2.36 bits per heavy atom. The number of aromatic nitrogens is 1. The van der Waals surface area contributed by atoms with Gasteiger partial charge >= 0.3 is 12.1 Å². The number of alkyl carbamates (subject to hydrolysis) is 1. The van der Waals surface area contributed by atoms with Crippen LogP contribution in [0.1, 0.15) is 58.3 Å². The van der Waals surface area contributed by atoms with Crippen LogP contribution in [0.25, 0.3) is 0 Å². The van der Waals surface area contributed by atoms with Crippen molar-refractivity contribution in [1.82, 2.24) is 15.2 Å². The van der Waals surface area contributed by atoms with Gasteiger partial charge in [-0.05, 0) is 56.1 Å². The largest absolute Gasteiger partial charge is 0.480 e. The molecule has 9 heteroatoms. The topological polar surface area (TPSA) is 112 Å². The number of carboxylic acids is 1. The highest BCUT2D eigenvalue weighted by Crippen LogP contribution is 2.42. The highest BCUT2D eigenvalue weighted by Gasteiger charge is 2.38. The molecule has 2 aliphatic rings. The lowest BCUT2D eigenvalue weighted by molar-refractivity contribution is -0.140. The van der Waals surface area contributed by atoms with Gasteiger partial charge in [-0.25, -0.2) is 9.59 Å². The smallest absolute Gasteiger partial charge is 0.407 e. The van der Waals surface area contributed by atoms with Crippen LogP contribution in [-0.2, 0) is 14.3 Å². The van der Waals surface area contributed by atoms with Gasteiger partial charge in [-0.2, -0.15) is 0 Å². The quantitative estimate of drug-likeness (QED) is 0.545. The average molecular weight is 461 g/mol. The molecule has 2 amide bonds. The van der Waals surface area contributed by atoms with Gasteiger partial charge in [0.15, 0.2) is 0 Å².